The van der Waals surface area contributed by atoms with Crippen molar-refractivity contribution in [3.63, 3.8) is 0 Å². The van der Waals surface area contributed by atoms with E-state index in [9.17, 15) is 0 Å². The molecule has 84 valence electrons. The minimum absolute atomic E-state index is 0.785. The molecule has 1 nitrogen and oxygen atoms in total. The highest BCUT2D eigenvalue weighted by Gasteiger charge is 1.98. The zero-order chi connectivity index (χ0) is 11.4. The number of aromatic nitrogens is 1. The molecule has 1 heterocycles. The lowest BCUT2D eigenvalue weighted by Gasteiger charge is -1.89. The van der Waals surface area contributed by atoms with Crippen LogP contribution in [0.4, 0.5) is 0 Å². The summed E-state index contributed by atoms with van der Waals surface area (Å²) in [6.45, 7) is 2.21. The molecule has 0 aliphatic carbocycles. The summed E-state index contributed by atoms with van der Waals surface area (Å²) in [6, 6.07) is 8.03. The maximum atomic E-state index is 5.94. The van der Waals surface area contributed by atoms with Gasteiger partial charge in [-0.2, -0.15) is 0 Å². The lowest BCUT2D eigenvalue weighted by molar-refractivity contribution is 0.816. The van der Waals surface area contributed by atoms with Crippen LogP contribution in [-0.2, 0) is 0 Å². The first-order valence-corrected chi connectivity index (χ1v) is 6.12. The maximum absolute atomic E-state index is 5.94. The fourth-order valence-electron chi connectivity index (χ4n) is 1.75. The monoisotopic (exact) mass is 233 g/mol. The van der Waals surface area contributed by atoms with Crippen LogP contribution in [0.3, 0.4) is 0 Å². The molecule has 2 heteroatoms. The Morgan fingerprint density at radius 3 is 3.00 bits per heavy atom. The smallest absolute Gasteiger partial charge is 0.0459 e. The highest BCUT2D eigenvalue weighted by atomic mass is 35.5. The third kappa shape index (κ3) is 2.67. The van der Waals surface area contributed by atoms with E-state index >= 15 is 0 Å². The minimum atomic E-state index is 0.785. The van der Waals surface area contributed by atoms with Crippen LogP contribution in [0.15, 0.2) is 30.3 Å². The first-order chi connectivity index (χ1) is 7.79. The van der Waals surface area contributed by atoms with Gasteiger partial charge >= 0.3 is 0 Å². The Morgan fingerprint density at radius 1 is 1.31 bits per heavy atom. The molecular weight excluding hydrogens is 218 g/mol. The van der Waals surface area contributed by atoms with Crippen molar-refractivity contribution in [3.05, 3.63) is 41.1 Å². The highest BCUT2D eigenvalue weighted by Crippen LogP contribution is 2.20. The lowest BCUT2D eigenvalue weighted by atomic mass is 10.2. The molecule has 16 heavy (non-hydrogen) atoms. The van der Waals surface area contributed by atoms with Crippen LogP contribution in [-0.4, -0.2) is 4.98 Å². The lowest BCUT2D eigenvalue weighted by Crippen LogP contribution is -1.70. The fraction of sp³-hybridized carbons (Fsp3) is 0.286. The van der Waals surface area contributed by atoms with Crippen LogP contribution < -0.4 is 0 Å². The predicted octanol–water partition coefficient (Wildman–Crippen LogP) is 5.02. The summed E-state index contributed by atoms with van der Waals surface area (Å²) in [6.07, 6.45) is 8.00. The molecule has 0 bridgehead atoms. The van der Waals surface area contributed by atoms with Crippen LogP contribution in [0.5, 0.6) is 0 Å². The van der Waals surface area contributed by atoms with E-state index in [1.165, 1.54) is 18.2 Å². The van der Waals surface area contributed by atoms with Crippen molar-refractivity contribution in [1.82, 2.24) is 4.98 Å². The number of allylic oxidation sites excluding steroid dienone is 1. The average Bonchev–Trinajstić information content (AvgIpc) is 2.66. The molecule has 0 saturated heterocycles. The summed E-state index contributed by atoms with van der Waals surface area (Å²) < 4.78 is 0. The molecule has 0 amide bonds. The second-order valence-corrected chi connectivity index (χ2v) is 4.44. The number of unbranched alkanes of at least 4 members (excludes halogenated alkanes) is 2. The SMILES string of the molecule is CCCCC=Cc1cc2cc(Cl)ccc2[nH]1. The minimum Gasteiger partial charge on any atom is -0.355 e. The first-order valence-electron chi connectivity index (χ1n) is 5.74. The number of aromatic amines is 1. The Hall–Kier alpha value is -1.21. The Labute approximate surface area is 101 Å². The fourth-order valence-corrected chi connectivity index (χ4v) is 1.93. The number of rotatable bonds is 4. The summed E-state index contributed by atoms with van der Waals surface area (Å²) in [7, 11) is 0. The van der Waals surface area contributed by atoms with Gasteiger partial charge < -0.3 is 4.98 Å². The van der Waals surface area contributed by atoms with E-state index in [4.69, 9.17) is 11.6 Å². The zero-order valence-corrected chi connectivity index (χ0v) is 10.2. The van der Waals surface area contributed by atoms with Gasteiger partial charge in [-0.05, 0) is 36.8 Å². The number of fused-ring (bicyclic) bond motifs is 1. The van der Waals surface area contributed by atoms with Crippen molar-refractivity contribution in [3.8, 4) is 0 Å². The highest BCUT2D eigenvalue weighted by molar-refractivity contribution is 6.31. The van der Waals surface area contributed by atoms with Gasteiger partial charge in [0.25, 0.3) is 0 Å². The number of hydrogen-bond acceptors (Lipinski definition) is 0. The normalized spacial score (nSPS) is 11.6. The molecule has 0 saturated carbocycles. The quantitative estimate of drug-likeness (QED) is 0.714. The van der Waals surface area contributed by atoms with Gasteiger partial charge in [0.15, 0.2) is 0 Å². The number of nitrogens with one attached hydrogen (secondary N) is 1. The average molecular weight is 234 g/mol. The summed E-state index contributed by atoms with van der Waals surface area (Å²) in [5, 5.41) is 1.95. The summed E-state index contributed by atoms with van der Waals surface area (Å²) in [5.41, 5.74) is 2.29. The molecule has 2 aromatic rings. The van der Waals surface area contributed by atoms with E-state index in [1.807, 2.05) is 18.2 Å². The van der Waals surface area contributed by atoms with Crippen LogP contribution in [0.1, 0.15) is 31.9 Å². The Morgan fingerprint density at radius 2 is 2.19 bits per heavy atom. The zero-order valence-electron chi connectivity index (χ0n) is 9.46. The molecule has 1 aromatic heterocycles. The first kappa shape index (κ1) is 11.3. The predicted molar refractivity (Wildman–Crippen MR) is 71.9 cm³/mol. The summed E-state index contributed by atoms with van der Waals surface area (Å²) >= 11 is 5.94. The van der Waals surface area contributed by atoms with E-state index in [1.54, 1.807) is 0 Å². The van der Waals surface area contributed by atoms with Crippen molar-refractivity contribution < 1.29 is 0 Å². The Kier molecular flexibility index (Phi) is 3.68. The van der Waals surface area contributed by atoms with E-state index in [0.29, 0.717) is 0 Å². The molecule has 0 aliphatic rings. The Bertz CT molecular complexity index is 496. The van der Waals surface area contributed by atoms with Crippen molar-refractivity contribution in [2.45, 2.75) is 26.2 Å². The van der Waals surface area contributed by atoms with E-state index in [2.05, 4.69) is 30.1 Å². The van der Waals surface area contributed by atoms with Gasteiger partial charge in [0.2, 0.25) is 0 Å². The van der Waals surface area contributed by atoms with Gasteiger partial charge in [0.1, 0.15) is 0 Å². The molecule has 1 N–H and O–H groups in total. The second-order valence-electron chi connectivity index (χ2n) is 4.00. The molecule has 0 fully saturated rings. The largest absolute Gasteiger partial charge is 0.355 e. The molecule has 0 radical (unpaired) electrons. The molecule has 0 unspecified atom stereocenters. The van der Waals surface area contributed by atoms with Gasteiger partial charge in [-0.25, -0.2) is 0 Å². The molecule has 2 rings (SSSR count). The molecule has 0 atom stereocenters. The van der Waals surface area contributed by atoms with Crippen LogP contribution in [0, 0.1) is 0 Å². The summed E-state index contributed by atoms with van der Waals surface area (Å²) in [5.74, 6) is 0. The third-order valence-electron chi connectivity index (χ3n) is 2.63. The van der Waals surface area contributed by atoms with E-state index < -0.39 is 0 Å². The van der Waals surface area contributed by atoms with Crippen molar-refractivity contribution in [2.24, 2.45) is 0 Å². The van der Waals surface area contributed by atoms with Crippen molar-refractivity contribution in [1.29, 1.82) is 0 Å². The van der Waals surface area contributed by atoms with Crippen LogP contribution >= 0.6 is 11.6 Å². The van der Waals surface area contributed by atoms with E-state index in [0.717, 1.165) is 22.7 Å². The number of benzene rings is 1. The molecule has 0 spiro atoms. The second kappa shape index (κ2) is 5.22. The summed E-state index contributed by atoms with van der Waals surface area (Å²) in [4.78, 5) is 3.35. The van der Waals surface area contributed by atoms with Gasteiger partial charge in [-0.3, -0.25) is 0 Å². The third-order valence-corrected chi connectivity index (χ3v) is 2.86. The standard InChI is InChI=1S/C14H16ClN/c1-2-3-4-5-6-13-10-11-9-12(15)7-8-14(11)16-13/h5-10,16H,2-4H2,1H3. The molecular formula is C14H16ClN. The Balaban J connectivity index is 2.16. The number of halogens is 1. The van der Waals surface area contributed by atoms with Crippen LogP contribution in [0.2, 0.25) is 5.02 Å². The number of hydrogen-bond donors (Lipinski definition) is 1. The molecule has 1 aromatic carbocycles. The van der Waals surface area contributed by atoms with Gasteiger partial charge in [0, 0.05) is 21.6 Å². The van der Waals surface area contributed by atoms with Crippen molar-refractivity contribution >= 4 is 28.6 Å². The van der Waals surface area contributed by atoms with Gasteiger partial charge in [-0.1, -0.05) is 37.4 Å². The molecule has 0 aliphatic heterocycles. The topological polar surface area (TPSA) is 15.8 Å². The maximum Gasteiger partial charge on any atom is 0.0459 e. The van der Waals surface area contributed by atoms with Gasteiger partial charge in [0.05, 0.1) is 0 Å². The van der Waals surface area contributed by atoms with Gasteiger partial charge in [-0.15, -0.1) is 0 Å². The van der Waals surface area contributed by atoms with Crippen molar-refractivity contribution in [2.75, 3.05) is 0 Å². The van der Waals surface area contributed by atoms with Crippen LogP contribution in [0.25, 0.3) is 17.0 Å². The number of H-pyrrole nitrogens is 1. The van der Waals surface area contributed by atoms with E-state index in [-0.39, 0.29) is 0 Å².